The smallest absolute Gasteiger partial charge is 0.198 e. The number of aryl methyl sites for hydroxylation is 2. The molecule has 2 rings (SSSR count). The van der Waals surface area contributed by atoms with E-state index in [1.54, 1.807) is 7.11 Å². The monoisotopic (exact) mass is 262 g/mol. The van der Waals surface area contributed by atoms with Crippen LogP contribution in [0.2, 0.25) is 0 Å². The molecule has 0 aliphatic carbocycles. The van der Waals surface area contributed by atoms with Gasteiger partial charge in [-0.3, -0.25) is 4.79 Å². The van der Waals surface area contributed by atoms with Gasteiger partial charge in [0.2, 0.25) is 0 Å². The Labute approximate surface area is 114 Å². The van der Waals surface area contributed by atoms with Gasteiger partial charge in [-0.25, -0.2) is 0 Å². The molecule has 0 N–H and O–H groups in total. The fourth-order valence-corrected chi connectivity index (χ4v) is 2.76. The molecule has 0 saturated carbocycles. The summed E-state index contributed by atoms with van der Waals surface area (Å²) in [6, 6.07) is 3.92. The van der Waals surface area contributed by atoms with E-state index in [1.165, 1.54) is 0 Å². The minimum atomic E-state index is -0.703. The second-order valence-corrected chi connectivity index (χ2v) is 5.52. The minimum absolute atomic E-state index is 0.0431. The average molecular weight is 262 g/mol. The molecule has 1 heterocycles. The molecule has 1 saturated heterocycles. The van der Waals surface area contributed by atoms with Crippen LogP contribution in [-0.2, 0) is 4.74 Å². The zero-order chi connectivity index (χ0) is 14.0. The van der Waals surface area contributed by atoms with Crippen LogP contribution < -0.4 is 4.74 Å². The number of benzene rings is 1. The lowest BCUT2D eigenvalue weighted by atomic mass is 9.85. The Bertz CT molecular complexity index is 485. The highest BCUT2D eigenvalue weighted by molar-refractivity contribution is 6.05. The van der Waals surface area contributed by atoms with E-state index in [0.717, 1.165) is 30.4 Å². The normalized spacial score (nSPS) is 23.2. The van der Waals surface area contributed by atoms with Crippen LogP contribution in [0, 0.1) is 13.8 Å². The second kappa shape index (κ2) is 5.33. The Morgan fingerprint density at radius 3 is 2.63 bits per heavy atom. The quantitative estimate of drug-likeness (QED) is 0.783. The Morgan fingerprint density at radius 1 is 1.32 bits per heavy atom. The Kier molecular flexibility index (Phi) is 3.95. The standard InChI is InChI=1S/C16H22O3/c1-11-9-12(2)14(13(10-11)18-4)15(17)16(3)7-5-6-8-19-16/h9-10H,5-8H2,1-4H3. The predicted molar refractivity (Wildman–Crippen MR) is 75.0 cm³/mol. The number of carbonyl (C=O) groups is 1. The SMILES string of the molecule is COc1cc(C)cc(C)c1C(=O)C1(C)CCCCO1. The first-order valence-corrected chi connectivity index (χ1v) is 6.82. The molecule has 1 aromatic carbocycles. The molecule has 1 atom stereocenters. The van der Waals surface area contributed by atoms with E-state index < -0.39 is 5.60 Å². The lowest BCUT2D eigenvalue weighted by Crippen LogP contribution is -2.41. The van der Waals surface area contributed by atoms with Crippen molar-refractivity contribution in [2.24, 2.45) is 0 Å². The van der Waals surface area contributed by atoms with Crippen LogP contribution in [0.5, 0.6) is 5.75 Å². The van der Waals surface area contributed by atoms with Gasteiger partial charge in [-0.2, -0.15) is 0 Å². The van der Waals surface area contributed by atoms with E-state index in [4.69, 9.17) is 9.47 Å². The molecule has 19 heavy (non-hydrogen) atoms. The summed E-state index contributed by atoms with van der Waals surface area (Å²) in [5.41, 5.74) is 2.02. The molecule has 0 spiro atoms. The van der Waals surface area contributed by atoms with Gasteiger partial charge in [-0.05, 0) is 57.2 Å². The zero-order valence-corrected chi connectivity index (χ0v) is 12.2. The fraction of sp³-hybridized carbons (Fsp3) is 0.562. The molecule has 104 valence electrons. The first kappa shape index (κ1) is 14.1. The van der Waals surface area contributed by atoms with E-state index in [0.29, 0.717) is 17.9 Å². The van der Waals surface area contributed by atoms with Gasteiger partial charge in [0.05, 0.1) is 12.7 Å². The topological polar surface area (TPSA) is 35.5 Å². The van der Waals surface area contributed by atoms with Crippen molar-refractivity contribution in [1.29, 1.82) is 0 Å². The van der Waals surface area contributed by atoms with Crippen molar-refractivity contribution in [3.05, 3.63) is 28.8 Å². The average Bonchev–Trinajstić information content (AvgIpc) is 2.38. The zero-order valence-electron chi connectivity index (χ0n) is 12.2. The van der Waals surface area contributed by atoms with Crippen molar-refractivity contribution in [3.8, 4) is 5.75 Å². The summed E-state index contributed by atoms with van der Waals surface area (Å²) in [6.45, 7) is 6.51. The second-order valence-electron chi connectivity index (χ2n) is 5.52. The summed E-state index contributed by atoms with van der Waals surface area (Å²) in [5, 5.41) is 0. The number of hydrogen-bond donors (Lipinski definition) is 0. The molecule has 3 heteroatoms. The third kappa shape index (κ3) is 2.66. The van der Waals surface area contributed by atoms with Gasteiger partial charge in [0.1, 0.15) is 11.4 Å². The molecule has 1 aliphatic rings. The molecule has 1 fully saturated rings. The summed E-state index contributed by atoms with van der Waals surface area (Å²) < 4.78 is 11.1. The van der Waals surface area contributed by atoms with Crippen molar-refractivity contribution in [2.45, 2.75) is 45.6 Å². The maximum atomic E-state index is 12.8. The van der Waals surface area contributed by atoms with Crippen molar-refractivity contribution < 1.29 is 14.3 Å². The number of carbonyl (C=O) groups excluding carboxylic acids is 1. The highest BCUT2D eigenvalue weighted by Crippen LogP contribution is 2.33. The molecule has 1 aliphatic heterocycles. The van der Waals surface area contributed by atoms with Gasteiger partial charge in [-0.15, -0.1) is 0 Å². The maximum Gasteiger partial charge on any atom is 0.198 e. The first-order chi connectivity index (χ1) is 8.98. The van der Waals surface area contributed by atoms with Gasteiger partial charge in [0.15, 0.2) is 5.78 Å². The summed E-state index contributed by atoms with van der Waals surface area (Å²) in [7, 11) is 1.61. The number of ether oxygens (including phenoxy) is 2. The van der Waals surface area contributed by atoms with Gasteiger partial charge >= 0.3 is 0 Å². The van der Waals surface area contributed by atoms with Crippen LogP contribution in [0.25, 0.3) is 0 Å². The summed E-state index contributed by atoms with van der Waals surface area (Å²) >= 11 is 0. The van der Waals surface area contributed by atoms with Gasteiger partial charge < -0.3 is 9.47 Å². The Morgan fingerprint density at radius 2 is 2.05 bits per heavy atom. The van der Waals surface area contributed by atoms with E-state index in [1.807, 2.05) is 32.9 Å². The predicted octanol–water partition coefficient (Wildman–Crippen LogP) is 3.45. The number of hydrogen-bond acceptors (Lipinski definition) is 3. The summed E-state index contributed by atoms with van der Waals surface area (Å²) in [6.07, 6.45) is 2.85. The number of rotatable bonds is 3. The lowest BCUT2D eigenvalue weighted by molar-refractivity contribution is -0.0427. The summed E-state index contributed by atoms with van der Waals surface area (Å²) in [5.74, 6) is 0.694. The van der Waals surface area contributed by atoms with Crippen LogP contribution in [0.4, 0.5) is 0 Å². The first-order valence-electron chi connectivity index (χ1n) is 6.82. The van der Waals surface area contributed by atoms with Crippen LogP contribution in [-0.4, -0.2) is 25.1 Å². The molecule has 0 amide bonds. The molecule has 1 aromatic rings. The molecular formula is C16H22O3. The van der Waals surface area contributed by atoms with Gasteiger partial charge in [0, 0.05) is 6.61 Å². The van der Waals surface area contributed by atoms with Crippen molar-refractivity contribution in [2.75, 3.05) is 13.7 Å². The van der Waals surface area contributed by atoms with Crippen molar-refractivity contribution >= 4 is 5.78 Å². The third-order valence-electron chi connectivity index (χ3n) is 3.84. The van der Waals surface area contributed by atoms with Gasteiger partial charge in [0.25, 0.3) is 0 Å². The van der Waals surface area contributed by atoms with Crippen LogP contribution in [0.15, 0.2) is 12.1 Å². The van der Waals surface area contributed by atoms with E-state index in [9.17, 15) is 4.79 Å². The van der Waals surface area contributed by atoms with Crippen LogP contribution in [0.1, 0.15) is 47.7 Å². The van der Waals surface area contributed by atoms with Crippen LogP contribution >= 0.6 is 0 Å². The molecule has 0 aromatic heterocycles. The van der Waals surface area contributed by atoms with E-state index >= 15 is 0 Å². The summed E-state index contributed by atoms with van der Waals surface area (Å²) in [4.78, 5) is 12.8. The van der Waals surface area contributed by atoms with E-state index in [2.05, 4.69) is 0 Å². The Hall–Kier alpha value is -1.35. The minimum Gasteiger partial charge on any atom is -0.496 e. The molecule has 1 unspecified atom stereocenters. The fourth-order valence-electron chi connectivity index (χ4n) is 2.76. The molecule has 0 bridgehead atoms. The largest absolute Gasteiger partial charge is 0.496 e. The molecule has 3 nitrogen and oxygen atoms in total. The number of ketones is 1. The molecule has 0 radical (unpaired) electrons. The molecular weight excluding hydrogens is 240 g/mol. The van der Waals surface area contributed by atoms with Gasteiger partial charge in [-0.1, -0.05) is 6.07 Å². The third-order valence-corrected chi connectivity index (χ3v) is 3.84. The van der Waals surface area contributed by atoms with Crippen molar-refractivity contribution in [1.82, 2.24) is 0 Å². The maximum absolute atomic E-state index is 12.8. The van der Waals surface area contributed by atoms with Crippen LogP contribution in [0.3, 0.4) is 0 Å². The Balaban J connectivity index is 2.43. The van der Waals surface area contributed by atoms with E-state index in [-0.39, 0.29) is 5.78 Å². The van der Waals surface area contributed by atoms with Crippen molar-refractivity contribution in [3.63, 3.8) is 0 Å². The lowest BCUT2D eigenvalue weighted by Gasteiger charge is -2.33. The highest BCUT2D eigenvalue weighted by atomic mass is 16.5. The number of Topliss-reactive ketones (excluding diaryl/α,β-unsaturated/α-hetero) is 1. The number of methoxy groups -OCH3 is 1. The highest BCUT2D eigenvalue weighted by Gasteiger charge is 2.38.